The number of carbonyl (C=O) groups excluding carboxylic acids is 2. The van der Waals surface area contributed by atoms with Crippen molar-refractivity contribution in [2.45, 2.75) is 19.4 Å². The van der Waals surface area contributed by atoms with E-state index in [-0.39, 0.29) is 11.5 Å². The van der Waals surface area contributed by atoms with Crippen LogP contribution in [0.5, 0.6) is 0 Å². The van der Waals surface area contributed by atoms with Crippen molar-refractivity contribution in [2.24, 2.45) is 0 Å². The summed E-state index contributed by atoms with van der Waals surface area (Å²) in [5.74, 6) is -1.13. The molecule has 1 N–H and O–H groups in total. The van der Waals surface area contributed by atoms with Gasteiger partial charge in [-0.25, -0.2) is 13.2 Å². The molecule has 1 saturated heterocycles. The zero-order valence-electron chi connectivity index (χ0n) is 13.1. The zero-order chi connectivity index (χ0) is 17.7. The number of halogens is 1. The highest BCUT2D eigenvalue weighted by molar-refractivity contribution is 9.10. The monoisotopic (exact) mass is 415 g/mol. The lowest BCUT2D eigenvalue weighted by Gasteiger charge is -2.10. The van der Waals surface area contributed by atoms with Crippen molar-refractivity contribution in [1.82, 2.24) is 5.32 Å². The molecule has 1 heterocycles. The SMILES string of the molecule is Cc1ccc(/C=C/C(=O)OCC(=O)N[C@@H]2CCS(=O)(=O)C2)c(Br)c1. The van der Waals surface area contributed by atoms with Gasteiger partial charge < -0.3 is 10.1 Å². The van der Waals surface area contributed by atoms with Gasteiger partial charge in [-0.15, -0.1) is 0 Å². The first-order valence-electron chi connectivity index (χ1n) is 7.36. The third-order valence-corrected chi connectivity index (χ3v) is 5.95. The molecule has 1 fully saturated rings. The number of hydrogen-bond donors (Lipinski definition) is 1. The Bertz CT molecular complexity index is 773. The summed E-state index contributed by atoms with van der Waals surface area (Å²) in [5, 5.41) is 2.55. The Kier molecular flexibility index (Phi) is 6.17. The molecule has 24 heavy (non-hydrogen) atoms. The number of benzene rings is 1. The van der Waals surface area contributed by atoms with Crippen LogP contribution in [0.15, 0.2) is 28.7 Å². The van der Waals surface area contributed by atoms with Gasteiger partial charge >= 0.3 is 5.97 Å². The molecule has 1 atom stereocenters. The van der Waals surface area contributed by atoms with E-state index in [0.717, 1.165) is 15.6 Å². The Morgan fingerprint density at radius 2 is 2.17 bits per heavy atom. The minimum Gasteiger partial charge on any atom is -0.452 e. The van der Waals surface area contributed by atoms with Gasteiger partial charge in [-0.1, -0.05) is 28.1 Å². The van der Waals surface area contributed by atoms with E-state index >= 15 is 0 Å². The predicted octanol–water partition coefficient (Wildman–Crippen LogP) is 1.62. The molecule has 1 amide bonds. The summed E-state index contributed by atoms with van der Waals surface area (Å²) in [5.41, 5.74) is 1.91. The average Bonchev–Trinajstić information content (AvgIpc) is 2.83. The molecule has 1 aromatic rings. The second-order valence-corrected chi connectivity index (χ2v) is 8.72. The summed E-state index contributed by atoms with van der Waals surface area (Å²) in [4.78, 5) is 23.3. The number of rotatable bonds is 5. The third kappa shape index (κ3) is 5.76. The maximum atomic E-state index is 11.7. The van der Waals surface area contributed by atoms with Crippen molar-refractivity contribution in [2.75, 3.05) is 18.1 Å². The Morgan fingerprint density at radius 1 is 1.42 bits per heavy atom. The molecule has 8 heteroatoms. The van der Waals surface area contributed by atoms with Crippen LogP contribution >= 0.6 is 15.9 Å². The van der Waals surface area contributed by atoms with Crippen LogP contribution in [0.25, 0.3) is 6.08 Å². The Balaban J connectivity index is 1.78. The summed E-state index contributed by atoms with van der Waals surface area (Å²) in [6.45, 7) is 1.52. The highest BCUT2D eigenvalue weighted by Crippen LogP contribution is 2.19. The van der Waals surface area contributed by atoms with Gasteiger partial charge in [-0.2, -0.15) is 0 Å². The van der Waals surface area contributed by atoms with E-state index in [1.165, 1.54) is 6.08 Å². The van der Waals surface area contributed by atoms with Crippen LogP contribution in [0, 0.1) is 6.92 Å². The largest absolute Gasteiger partial charge is 0.452 e. The second-order valence-electron chi connectivity index (χ2n) is 5.63. The summed E-state index contributed by atoms with van der Waals surface area (Å²) >= 11 is 3.40. The first-order valence-corrected chi connectivity index (χ1v) is 9.97. The van der Waals surface area contributed by atoms with Gasteiger partial charge in [0.25, 0.3) is 5.91 Å². The average molecular weight is 416 g/mol. The van der Waals surface area contributed by atoms with E-state index < -0.39 is 34.4 Å². The van der Waals surface area contributed by atoms with Crippen LogP contribution in [0.1, 0.15) is 17.5 Å². The van der Waals surface area contributed by atoms with Crippen molar-refractivity contribution in [3.8, 4) is 0 Å². The molecule has 1 aliphatic rings. The van der Waals surface area contributed by atoms with Gasteiger partial charge in [0.15, 0.2) is 16.4 Å². The number of esters is 1. The highest BCUT2D eigenvalue weighted by Gasteiger charge is 2.28. The summed E-state index contributed by atoms with van der Waals surface area (Å²) < 4.78 is 28.3. The van der Waals surface area contributed by atoms with Gasteiger partial charge in [0.2, 0.25) is 0 Å². The lowest BCUT2D eigenvalue weighted by molar-refractivity contribution is -0.143. The van der Waals surface area contributed by atoms with Crippen LogP contribution in [0.4, 0.5) is 0 Å². The topological polar surface area (TPSA) is 89.5 Å². The first-order chi connectivity index (χ1) is 11.2. The molecule has 0 aliphatic carbocycles. The molecule has 2 rings (SSSR count). The van der Waals surface area contributed by atoms with E-state index in [2.05, 4.69) is 21.2 Å². The van der Waals surface area contributed by atoms with Crippen LogP contribution < -0.4 is 5.32 Å². The highest BCUT2D eigenvalue weighted by atomic mass is 79.9. The van der Waals surface area contributed by atoms with Gasteiger partial charge in [-0.3, -0.25) is 4.79 Å². The number of hydrogen-bond acceptors (Lipinski definition) is 5. The summed E-state index contributed by atoms with van der Waals surface area (Å²) in [7, 11) is -3.06. The van der Waals surface area contributed by atoms with E-state index in [1.54, 1.807) is 6.08 Å². The molecular formula is C16H18BrNO5S. The first kappa shape index (κ1) is 18.7. The lowest BCUT2D eigenvalue weighted by Crippen LogP contribution is -2.38. The van der Waals surface area contributed by atoms with Crippen molar-refractivity contribution >= 4 is 43.7 Å². The Hall–Kier alpha value is -1.67. The Labute approximate surface area is 149 Å². The maximum Gasteiger partial charge on any atom is 0.331 e. The number of ether oxygens (including phenoxy) is 1. The fourth-order valence-electron chi connectivity index (χ4n) is 2.29. The minimum absolute atomic E-state index is 0.0615. The molecule has 1 aromatic carbocycles. The van der Waals surface area contributed by atoms with Crippen molar-refractivity contribution in [1.29, 1.82) is 0 Å². The lowest BCUT2D eigenvalue weighted by atomic mass is 10.1. The minimum atomic E-state index is -3.06. The smallest absolute Gasteiger partial charge is 0.331 e. The summed E-state index contributed by atoms with van der Waals surface area (Å²) in [6.07, 6.45) is 3.22. The van der Waals surface area contributed by atoms with Gasteiger partial charge in [0, 0.05) is 16.6 Å². The predicted molar refractivity (Wildman–Crippen MR) is 94.1 cm³/mol. The maximum absolute atomic E-state index is 11.7. The molecule has 1 aliphatic heterocycles. The molecule has 0 unspecified atom stereocenters. The molecule has 0 saturated carbocycles. The molecule has 0 aromatic heterocycles. The second kappa shape index (κ2) is 7.94. The molecule has 6 nitrogen and oxygen atoms in total. The molecule has 0 bridgehead atoms. The summed E-state index contributed by atoms with van der Waals surface area (Å²) in [6, 6.07) is 5.30. The number of nitrogens with one attached hydrogen (secondary N) is 1. The number of aryl methyl sites for hydroxylation is 1. The van der Waals surface area contributed by atoms with Crippen LogP contribution in [-0.4, -0.2) is 44.4 Å². The van der Waals surface area contributed by atoms with E-state index in [9.17, 15) is 18.0 Å². The van der Waals surface area contributed by atoms with E-state index in [0.29, 0.717) is 6.42 Å². The Morgan fingerprint density at radius 3 is 2.79 bits per heavy atom. The number of amides is 1. The zero-order valence-corrected chi connectivity index (χ0v) is 15.5. The van der Waals surface area contributed by atoms with Gasteiger partial charge in [0.1, 0.15) is 0 Å². The van der Waals surface area contributed by atoms with Gasteiger partial charge in [-0.05, 0) is 36.6 Å². The van der Waals surface area contributed by atoms with Crippen LogP contribution in [0.3, 0.4) is 0 Å². The normalized spacial score (nSPS) is 19.3. The quantitative estimate of drug-likeness (QED) is 0.582. The third-order valence-electron chi connectivity index (χ3n) is 3.50. The molecule has 0 radical (unpaired) electrons. The fraction of sp³-hybridized carbons (Fsp3) is 0.375. The van der Waals surface area contributed by atoms with E-state index in [1.807, 2.05) is 25.1 Å². The standard InChI is InChI=1S/C16H18BrNO5S/c1-11-2-3-12(14(17)8-11)4-5-16(20)23-9-15(19)18-13-6-7-24(21,22)10-13/h2-5,8,13H,6-7,9-10H2,1H3,(H,18,19)/b5-4+/t13-/m1/s1. The van der Waals surface area contributed by atoms with Gasteiger partial charge in [0.05, 0.1) is 11.5 Å². The van der Waals surface area contributed by atoms with Crippen molar-refractivity contribution < 1.29 is 22.7 Å². The number of sulfone groups is 1. The van der Waals surface area contributed by atoms with Crippen molar-refractivity contribution in [3.63, 3.8) is 0 Å². The van der Waals surface area contributed by atoms with Crippen LogP contribution in [-0.2, 0) is 24.2 Å². The van der Waals surface area contributed by atoms with Crippen LogP contribution in [0.2, 0.25) is 0 Å². The molecule has 0 spiro atoms. The van der Waals surface area contributed by atoms with Crippen molar-refractivity contribution in [3.05, 3.63) is 39.9 Å². The number of carbonyl (C=O) groups is 2. The van der Waals surface area contributed by atoms with E-state index in [4.69, 9.17) is 4.74 Å². The fourth-order valence-corrected chi connectivity index (χ4v) is 4.59. The molecular weight excluding hydrogens is 398 g/mol. The molecule has 130 valence electrons.